The maximum absolute atomic E-state index is 12.5. The first-order chi connectivity index (χ1) is 13.4. The normalized spacial score (nSPS) is 11.2. The van der Waals surface area contributed by atoms with E-state index in [1.165, 1.54) is 19.3 Å². The number of hydrogen-bond acceptors (Lipinski definition) is 6. The molecule has 0 radical (unpaired) electrons. The van der Waals surface area contributed by atoms with Gasteiger partial charge in [0.05, 0.1) is 5.39 Å². The molecule has 6 heteroatoms. The summed E-state index contributed by atoms with van der Waals surface area (Å²) in [6.07, 6.45) is 6.66. The van der Waals surface area contributed by atoms with Crippen LogP contribution in [0.4, 0.5) is 0 Å². The van der Waals surface area contributed by atoms with Crippen LogP contribution in [-0.4, -0.2) is 20.4 Å². The van der Waals surface area contributed by atoms with Gasteiger partial charge >= 0.3 is 0 Å². The number of hydrogen-bond donors (Lipinski definition) is 4. The zero-order chi connectivity index (χ0) is 20.3. The van der Waals surface area contributed by atoms with Gasteiger partial charge in [-0.25, -0.2) is 0 Å². The molecule has 3 rings (SSSR count). The van der Waals surface area contributed by atoms with Gasteiger partial charge in [-0.3, -0.25) is 4.79 Å². The van der Waals surface area contributed by atoms with Crippen molar-refractivity contribution in [1.29, 1.82) is 0 Å². The fourth-order valence-electron chi connectivity index (χ4n) is 3.25. The first kappa shape index (κ1) is 19.6. The van der Waals surface area contributed by atoms with Crippen molar-refractivity contribution in [2.75, 3.05) is 0 Å². The molecular weight excluding hydrogens is 360 g/mol. The molecule has 0 bridgehead atoms. The highest BCUT2D eigenvalue weighted by molar-refractivity contribution is 5.83. The number of aromatic hydroxyl groups is 4. The van der Waals surface area contributed by atoms with Gasteiger partial charge in [0.15, 0.2) is 23.0 Å². The first-order valence-corrected chi connectivity index (χ1v) is 9.46. The Balaban J connectivity index is 1.98. The SMILES string of the molecule is CCCCCCCc1ccc2c(=O)c(O)c(-c3cc(O)c(O)c(O)c3)oc2c1. The minimum atomic E-state index is -0.684. The van der Waals surface area contributed by atoms with Crippen molar-refractivity contribution in [2.45, 2.75) is 45.4 Å². The van der Waals surface area contributed by atoms with E-state index in [-0.39, 0.29) is 16.7 Å². The van der Waals surface area contributed by atoms with Gasteiger partial charge in [-0.1, -0.05) is 38.7 Å². The van der Waals surface area contributed by atoms with Crippen LogP contribution in [0.2, 0.25) is 0 Å². The van der Waals surface area contributed by atoms with E-state index in [1.54, 1.807) is 12.1 Å². The molecule has 0 spiro atoms. The van der Waals surface area contributed by atoms with Crippen molar-refractivity contribution < 1.29 is 24.8 Å². The van der Waals surface area contributed by atoms with E-state index < -0.39 is 28.4 Å². The van der Waals surface area contributed by atoms with Gasteiger partial charge in [0.25, 0.3) is 0 Å². The Morgan fingerprint density at radius 3 is 2.21 bits per heavy atom. The lowest BCUT2D eigenvalue weighted by atomic mass is 10.0. The molecule has 1 aromatic heterocycles. The van der Waals surface area contributed by atoms with E-state index in [4.69, 9.17) is 4.42 Å². The van der Waals surface area contributed by atoms with E-state index in [2.05, 4.69) is 6.92 Å². The third-order valence-corrected chi connectivity index (χ3v) is 4.83. The molecule has 0 aliphatic rings. The molecule has 1 heterocycles. The van der Waals surface area contributed by atoms with E-state index in [0.29, 0.717) is 5.58 Å². The Morgan fingerprint density at radius 2 is 1.54 bits per heavy atom. The molecule has 3 aromatic rings. The largest absolute Gasteiger partial charge is 0.504 e. The second-order valence-electron chi connectivity index (χ2n) is 6.97. The van der Waals surface area contributed by atoms with Crippen molar-refractivity contribution in [3.63, 3.8) is 0 Å². The molecule has 0 saturated carbocycles. The number of fused-ring (bicyclic) bond motifs is 1. The van der Waals surface area contributed by atoms with Crippen molar-refractivity contribution in [3.05, 3.63) is 46.1 Å². The van der Waals surface area contributed by atoms with Crippen molar-refractivity contribution in [3.8, 4) is 34.3 Å². The van der Waals surface area contributed by atoms with Gasteiger partial charge < -0.3 is 24.8 Å². The van der Waals surface area contributed by atoms with Crippen LogP contribution in [0, 0.1) is 0 Å². The van der Waals surface area contributed by atoms with Gasteiger partial charge in [0.2, 0.25) is 11.2 Å². The average molecular weight is 384 g/mol. The van der Waals surface area contributed by atoms with Gasteiger partial charge in [0, 0.05) is 5.56 Å². The molecule has 0 saturated heterocycles. The molecule has 4 N–H and O–H groups in total. The number of phenols is 3. The molecule has 0 amide bonds. The lowest BCUT2D eigenvalue weighted by molar-refractivity contribution is 0.368. The molecule has 0 aliphatic heterocycles. The average Bonchev–Trinajstić information content (AvgIpc) is 2.68. The lowest BCUT2D eigenvalue weighted by Crippen LogP contribution is -2.03. The summed E-state index contributed by atoms with van der Waals surface area (Å²) in [5.41, 5.74) is 0.822. The number of aryl methyl sites for hydroxylation is 1. The summed E-state index contributed by atoms with van der Waals surface area (Å²) in [7, 11) is 0. The van der Waals surface area contributed by atoms with Gasteiger partial charge in [0.1, 0.15) is 5.58 Å². The van der Waals surface area contributed by atoms with Crippen molar-refractivity contribution in [1.82, 2.24) is 0 Å². The molecule has 148 valence electrons. The van der Waals surface area contributed by atoms with Gasteiger partial charge in [-0.2, -0.15) is 0 Å². The molecule has 2 aromatic carbocycles. The minimum absolute atomic E-state index is 0.0780. The predicted octanol–water partition coefficient (Wildman–Crippen LogP) is 4.80. The Bertz CT molecular complexity index is 1030. The van der Waals surface area contributed by atoms with Crippen LogP contribution in [-0.2, 0) is 6.42 Å². The Kier molecular flexibility index (Phi) is 5.78. The zero-order valence-corrected chi connectivity index (χ0v) is 15.7. The predicted molar refractivity (Wildman–Crippen MR) is 107 cm³/mol. The summed E-state index contributed by atoms with van der Waals surface area (Å²) in [4.78, 5) is 12.5. The summed E-state index contributed by atoms with van der Waals surface area (Å²) in [5.74, 6) is -2.65. The van der Waals surface area contributed by atoms with Crippen LogP contribution in [0.25, 0.3) is 22.3 Å². The number of unbranched alkanes of at least 4 members (excludes halogenated alkanes) is 4. The summed E-state index contributed by atoms with van der Waals surface area (Å²) in [6.45, 7) is 2.17. The van der Waals surface area contributed by atoms with E-state index in [1.807, 2.05) is 6.07 Å². The molecule has 0 aliphatic carbocycles. The van der Waals surface area contributed by atoms with Crippen LogP contribution in [0.1, 0.15) is 44.6 Å². The zero-order valence-electron chi connectivity index (χ0n) is 15.7. The van der Waals surface area contributed by atoms with Crippen LogP contribution in [0.5, 0.6) is 23.0 Å². The smallest absolute Gasteiger partial charge is 0.235 e. The molecule has 0 fully saturated rings. The molecule has 0 atom stereocenters. The number of rotatable bonds is 7. The van der Waals surface area contributed by atoms with Crippen molar-refractivity contribution >= 4 is 11.0 Å². The van der Waals surface area contributed by atoms with Gasteiger partial charge in [-0.05, 0) is 42.7 Å². The van der Waals surface area contributed by atoms with Gasteiger partial charge in [-0.15, -0.1) is 0 Å². The van der Waals surface area contributed by atoms with E-state index in [9.17, 15) is 25.2 Å². The molecule has 28 heavy (non-hydrogen) atoms. The highest BCUT2D eigenvalue weighted by Crippen LogP contribution is 2.41. The molecular formula is C22H24O6. The van der Waals surface area contributed by atoms with Crippen LogP contribution < -0.4 is 5.43 Å². The Hall–Kier alpha value is -3.15. The summed E-state index contributed by atoms with van der Waals surface area (Å²) in [5, 5.41) is 39.4. The topological polar surface area (TPSA) is 111 Å². The lowest BCUT2D eigenvalue weighted by Gasteiger charge is -2.09. The molecule has 0 unspecified atom stereocenters. The quantitative estimate of drug-likeness (QED) is 0.344. The summed E-state index contributed by atoms with van der Waals surface area (Å²) < 4.78 is 5.74. The van der Waals surface area contributed by atoms with Crippen LogP contribution in [0.3, 0.4) is 0 Å². The maximum atomic E-state index is 12.5. The van der Waals surface area contributed by atoms with Crippen LogP contribution >= 0.6 is 0 Å². The number of benzene rings is 2. The third-order valence-electron chi connectivity index (χ3n) is 4.83. The second-order valence-corrected chi connectivity index (χ2v) is 6.97. The molecule has 6 nitrogen and oxygen atoms in total. The standard InChI is InChI=1S/C22H24O6/c1-2-3-4-5-6-7-13-8-9-15-18(10-13)28-22(21(27)19(15)25)14-11-16(23)20(26)17(24)12-14/h8-12,23-24,26-27H,2-7H2,1H3. The third kappa shape index (κ3) is 3.91. The van der Waals surface area contributed by atoms with E-state index in [0.717, 1.165) is 37.0 Å². The Morgan fingerprint density at radius 1 is 0.857 bits per heavy atom. The van der Waals surface area contributed by atoms with E-state index >= 15 is 0 Å². The summed E-state index contributed by atoms with van der Waals surface area (Å²) in [6, 6.07) is 7.49. The number of phenolic OH excluding ortho intramolecular Hbond substituents is 3. The fourth-order valence-corrected chi connectivity index (χ4v) is 3.25. The highest BCUT2D eigenvalue weighted by Gasteiger charge is 2.18. The maximum Gasteiger partial charge on any atom is 0.235 e. The summed E-state index contributed by atoms with van der Waals surface area (Å²) >= 11 is 0. The Labute approximate surface area is 162 Å². The first-order valence-electron chi connectivity index (χ1n) is 9.46. The monoisotopic (exact) mass is 384 g/mol. The highest BCUT2D eigenvalue weighted by atomic mass is 16.4. The van der Waals surface area contributed by atoms with Crippen LogP contribution in [0.15, 0.2) is 39.5 Å². The fraction of sp³-hybridized carbons (Fsp3) is 0.318. The second kappa shape index (κ2) is 8.25. The van der Waals surface area contributed by atoms with Crippen molar-refractivity contribution in [2.24, 2.45) is 0 Å². The minimum Gasteiger partial charge on any atom is -0.504 e.